The van der Waals surface area contributed by atoms with Gasteiger partial charge in [-0.1, -0.05) is 16.8 Å². The average molecular weight is 485 g/mol. The van der Waals surface area contributed by atoms with E-state index < -0.39 is 23.8 Å². The van der Waals surface area contributed by atoms with E-state index in [1.807, 2.05) is 6.07 Å². The largest absolute Gasteiger partial charge is 0.477 e. The molecule has 7 nitrogen and oxygen atoms in total. The molecule has 0 saturated carbocycles. The van der Waals surface area contributed by atoms with Crippen LogP contribution in [0.3, 0.4) is 0 Å². The molecular weight excluding hydrogens is 465 g/mol. The van der Waals surface area contributed by atoms with Gasteiger partial charge < -0.3 is 19.0 Å². The molecule has 0 amide bonds. The van der Waals surface area contributed by atoms with Crippen molar-refractivity contribution in [3.8, 4) is 23.3 Å². The Morgan fingerprint density at radius 1 is 1.15 bits per heavy atom. The van der Waals surface area contributed by atoms with Crippen molar-refractivity contribution in [3.63, 3.8) is 0 Å². The number of hydrogen-bond donors (Lipinski definition) is 0. The number of nitrogens with zero attached hydrogens (tertiary/aromatic N) is 2. The Labute approximate surface area is 193 Å². The van der Waals surface area contributed by atoms with Gasteiger partial charge in [0.05, 0.1) is 21.9 Å². The SMILES string of the molecule is CC(C)=NOCCOC(=O)C(C)Oc1cc(Oc2ccc(C(F)(F)F)cc2Cl)ccc1C#N. The Morgan fingerprint density at radius 3 is 2.48 bits per heavy atom. The van der Waals surface area contributed by atoms with Gasteiger partial charge in [-0.25, -0.2) is 4.79 Å². The number of carbonyl (C=O) groups is 1. The van der Waals surface area contributed by atoms with E-state index in [9.17, 15) is 23.2 Å². The number of ether oxygens (including phenoxy) is 3. The summed E-state index contributed by atoms with van der Waals surface area (Å²) in [5.41, 5.74) is -0.101. The van der Waals surface area contributed by atoms with E-state index in [0.29, 0.717) is 5.71 Å². The van der Waals surface area contributed by atoms with Crippen LogP contribution < -0.4 is 9.47 Å². The van der Waals surface area contributed by atoms with Crippen molar-refractivity contribution in [1.82, 2.24) is 0 Å². The second kappa shape index (κ2) is 11.4. The molecule has 0 aliphatic rings. The first-order valence-corrected chi connectivity index (χ1v) is 9.94. The van der Waals surface area contributed by atoms with E-state index in [-0.39, 0.29) is 41.0 Å². The van der Waals surface area contributed by atoms with Gasteiger partial charge in [-0.3, -0.25) is 0 Å². The maximum atomic E-state index is 12.8. The molecule has 0 aromatic heterocycles. The van der Waals surface area contributed by atoms with Crippen molar-refractivity contribution in [2.45, 2.75) is 33.1 Å². The summed E-state index contributed by atoms with van der Waals surface area (Å²) in [5, 5.41) is 12.8. The van der Waals surface area contributed by atoms with E-state index in [1.54, 1.807) is 13.8 Å². The monoisotopic (exact) mass is 484 g/mol. The minimum Gasteiger partial charge on any atom is -0.477 e. The molecule has 0 radical (unpaired) electrons. The van der Waals surface area contributed by atoms with Crippen LogP contribution in [0.15, 0.2) is 41.6 Å². The second-order valence-corrected chi connectivity index (χ2v) is 7.22. The first-order chi connectivity index (χ1) is 15.5. The first-order valence-electron chi connectivity index (χ1n) is 9.56. The average Bonchev–Trinajstić information content (AvgIpc) is 2.74. The third-order valence-electron chi connectivity index (χ3n) is 3.86. The first kappa shape index (κ1) is 25.8. The lowest BCUT2D eigenvalue weighted by molar-refractivity contribution is -0.152. The molecule has 1 unspecified atom stereocenters. The molecule has 0 fully saturated rings. The molecule has 176 valence electrons. The van der Waals surface area contributed by atoms with Crippen LogP contribution in [0.5, 0.6) is 17.2 Å². The van der Waals surface area contributed by atoms with Gasteiger partial charge >= 0.3 is 12.1 Å². The third kappa shape index (κ3) is 7.88. The molecular formula is C22H20ClF3N2O5. The summed E-state index contributed by atoms with van der Waals surface area (Å²) in [5.74, 6) is -0.577. The minimum absolute atomic E-state index is 0.0185. The van der Waals surface area contributed by atoms with E-state index in [0.717, 1.165) is 18.2 Å². The topological polar surface area (TPSA) is 90.1 Å². The highest BCUT2D eigenvalue weighted by atomic mass is 35.5. The maximum absolute atomic E-state index is 12.8. The molecule has 0 N–H and O–H groups in total. The van der Waals surface area contributed by atoms with Gasteiger partial charge in [0, 0.05) is 6.07 Å². The number of carbonyl (C=O) groups excluding carboxylic acids is 1. The second-order valence-electron chi connectivity index (χ2n) is 6.81. The summed E-state index contributed by atoms with van der Waals surface area (Å²) in [6.45, 7) is 4.93. The van der Waals surface area contributed by atoms with Crippen molar-refractivity contribution >= 4 is 23.3 Å². The summed E-state index contributed by atoms with van der Waals surface area (Å²) in [6, 6.07) is 8.68. The minimum atomic E-state index is -4.54. The number of benzene rings is 2. The highest BCUT2D eigenvalue weighted by Gasteiger charge is 2.31. The Balaban J connectivity index is 2.08. The molecule has 0 heterocycles. The highest BCUT2D eigenvalue weighted by molar-refractivity contribution is 6.32. The van der Waals surface area contributed by atoms with Crippen LogP contribution >= 0.6 is 11.6 Å². The zero-order chi connectivity index (χ0) is 24.6. The predicted molar refractivity (Wildman–Crippen MR) is 113 cm³/mol. The molecule has 2 aromatic carbocycles. The van der Waals surface area contributed by atoms with Crippen molar-refractivity contribution in [2.75, 3.05) is 13.2 Å². The van der Waals surface area contributed by atoms with Crippen molar-refractivity contribution in [2.24, 2.45) is 5.16 Å². The number of alkyl halides is 3. The fourth-order valence-electron chi connectivity index (χ4n) is 2.35. The van der Waals surface area contributed by atoms with Crippen molar-refractivity contribution in [1.29, 1.82) is 5.26 Å². The lowest BCUT2D eigenvalue weighted by Gasteiger charge is -2.16. The van der Waals surface area contributed by atoms with Gasteiger partial charge in [-0.05, 0) is 51.1 Å². The molecule has 0 aliphatic carbocycles. The van der Waals surface area contributed by atoms with Crippen LogP contribution in [0.25, 0.3) is 0 Å². The lowest BCUT2D eigenvalue weighted by Crippen LogP contribution is -2.27. The molecule has 2 rings (SSSR count). The van der Waals surface area contributed by atoms with E-state index >= 15 is 0 Å². The number of hydrogen-bond acceptors (Lipinski definition) is 7. The van der Waals surface area contributed by atoms with Crippen molar-refractivity contribution < 1.29 is 37.0 Å². The molecule has 0 saturated heterocycles. The zero-order valence-electron chi connectivity index (χ0n) is 17.9. The molecule has 0 bridgehead atoms. The van der Waals surface area contributed by atoms with Gasteiger partial charge in [-0.15, -0.1) is 0 Å². The number of esters is 1. The van der Waals surface area contributed by atoms with E-state index in [4.69, 9.17) is 30.6 Å². The van der Waals surface area contributed by atoms with Crippen molar-refractivity contribution in [3.05, 3.63) is 52.5 Å². The standard InChI is InChI=1S/C22H20ClF3N2O5/c1-13(2)28-31-9-8-30-21(29)14(3)32-20-11-17(6-4-15(20)12-27)33-19-7-5-16(10-18(19)23)22(24,25)26/h4-7,10-11,14H,8-9H2,1-3H3. The Bertz CT molecular complexity index is 1060. The van der Waals surface area contributed by atoms with Gasteiger partial charge in [0.15, 0.2) is 12.7 Å². The third-order valence-corrected chi connectivity index (χ3v) is 4.16. The van der Waals surface area contributed by atoms with Gasteiger partial charge in [0.25, 0.3) is 0 Å². The normalized spacial score (nSPS) is 11.7. The fourth-order valence-corrected chi connectivity index (χ4v) is 2.57. The van der Waals surface area contributed by atoms with Crippen LogP contribution in [0.4, 0.5) is 13.2 Å². The Morgan fingerprint density at radius 2 is 1.88 bits per heavy atom. The molecule has 33 heavy (non-hydrogen) atoms. The summed E-state index contributed by atoms with van der Waals surface area (Å²) in [6.07, 6.45) is -5.62. The van der Waals surface area contributed by atoms with Crippen LogP contribution in [0.2, 0.25) is 5.02 Å². The van der Waals surface area contributed by atoms with E-state index in [1.165, 1.54) is 25.1 Å². The number of rotatable bonds is 9. The van der Waals surface area contributed by atoms with Gasteiger partial charge in [0.1, 0.15) is 29.9 Å². The molecule has 11 heteroatoms. The molecule has 2 aromatic rings. The fraction of sp³-hybridized carbons (Fsp3) is 0.318. The summed E-state index contributed by atoms with van der Waals surface area (Å²) in [4.78, 5) is 17.0. The lowest BCUT2D eigenvalue weighted by atomic mass is 10.2. The van der Waals surface area contributed by atoms with Crippen LogP contribution in [0.1, 0.15) is 31.9 Å². The highest BCUT2D eigenvalue weighted by Crippen LogP contribution is 2.37. The van der Waals surface area contributed by atoms with Gasteiger partial charge in [0.2, 0.25) is 0 Å². The Kier molecular flexibility index (Phi) is 8.94. The quantitative estimate of drug-likeness (QED) is 0.195. The maximum Gasteiger partial charge on any atom is 0.416 e. The summed E-state index contributed by atoms with van der Waals surface area (Å²) < 4.78 is 54.5. The Hall–Kier alpha value is -3.45. The summed E-state index contributed by atoms with van der Waals surface area (Å²) >= 11 is 5.91. The summed E-state index contributed by atoms with van der Waals surface area (Å²) in [7, 11) is 0. The van der Waals surface area contributed by atoms with Crippen LogP contribution in [-0.2, 0) is 20.5 Å². The number of oxime groups is 1. The predicted octanol–water partition coefficient (Wildman–Crippen LogP) is 5.75. The smallest absolute Gasteiger partial charge is 0.416 e. The molecule has 0 spiro atoms. The zero-order valence-corrected chi connectivity index (χ0v) is 18.7. The van der Waals surface area contributed by atoms with Crippen LogP contribution in [0, 0.1) is 11.3 Å². The van der Waals surface area contributed by atoms with E-state index in [2.05, 4.69) is 5.16 Å². The molecule has 1 atom stereocenters. The number of nitriles is 1. The molecule has 0 aliphatic heterocycles. The number of halogens is 4. The van der Waals surface area contributed by atoms with Crippen LogP contribution in [-0.4, -0.2) is 31.0 Å². The van der Waals surface area contributed by atoms with Gasteiger partial charge in [-0.2, -0.15) is 18.4 Å².